The fraction of sp³-hybridized carbons (Fsp3) is 0.276. The van der Waals surface area contributed by atoms with Crippen LogP contribution in [0.2, 0.25) is 5.02 Å². The van der Waals surface area contributed by atoms with Crippen molar-refractivity contribution in [2.24, 2.45) is 5.10 Å². The molecule has 1 aliphatic heterocycles. The molecule has 2 aromatic heterocycles. The van der Waals surface area contributed by atoms with Gasteiger partial charge in [-0.1, -0.05) is 41.9 Å². The number of hydrogen-bond acceptors (Lipinski definition) is 7. The van der Waals surface area contributed by atoms with E-state index in [-0.39, 0.29) is 24.3 Å². The fourth-order valence-electron chi connectivity index (χ4n) is 4.68. The predicted octanol–water partition coefficient (Wildman–Crippen LogP) is 4.76. The molecule has 0 saturated heterocycles. The predicted molar refractivity (Wildman–Crippen MR) is 156 cm³/mol. The molecule has 4 aromatic rings. The van der Waals surface area contributed by atoms with Gasteiger partial charge in [0.2, 0.25) is 11.8 Å². The van der Waals surface area contributed by atoms with Gasteiger partial charge in [-0.25, -0.2) is 9.99 Å². The number of amides is 2. The molecule has 0 bridgehead atoms. The normalized spacial score (nSPS) is 14.9. The van der Waals surface area contributed by atoms with E-state index >= 15 is 0 Å². The van der Waals surface area contributed by atoms with Gasteiger partial charge >= 0.3 is 0 Å². The molecule has 3 heterocycles. The van der Waals surface area contributed by atoms with Crippen LogP contribution in [0.3, 0.4) is 0 Å². The third kappa shape index (κ3) is 5.48. The molecule has 1 atom stereocenters. The Balaban J connectivity index is 1.54. The molecule has 206 valence electrons. The Bertz CT molecular complexity index is 1600. The molecule has 1 aliphatic rings. The van der Waals surface area contributed by atoms with Crippen LogP contribution in [0.5, 0.6) is 0 Å². The molecule has 0 fully saturated rings. The van der Waals surface area contributed by atoms with Crippen LogP contribution in [0.25, 0.3) is 10.9 Å². The number of methoxy groups -OCH3 is 1. The summed E-state index contributed by atoms with van der Waals surface area (Å²) in [5, 5.41) is 17.7. The van der Waals surface area contributed by atoms with Crippen molar-refractivity contribution in [1.82, 2.24) is 20.1 Å². The van der Waals surface area contributed by atoms with Crippen LogP contribution in [0.4, 0.5) is 11.5 Å². The number of aryl methyl sites for hydroxylation is 1. The van der Waals surface area contributed by atoms with Crippen LogP contribution in [0.1, 0.15) is 41.8 Å². The second-order valence-corrected chi connectivity index (χ2v) is 10.3. The van der Waals surface area contributed by atoms with Crippen molar-refractivity contribution in [3.63, 3.8) is 0 Å². The third-order valence-corrected chi connectivity index (χ3v) is 6.80. The minimum absolute atomic E-state index is 0.118. The van der Waals surface area contributed by atoms with Crippen LogP contribution >= 0.6 is 11.6 Å². The van der Waals surface area contributed by atoms with E-state index in [1.807, 2.05) is 63.4 Å². The lowest BCUT2D eigenvalue weighted by Gasteiger charge is -2.23. The number of fused-ring (bicyclic) bond motifs is 1. The van der Waals surface area contributed by atoms with Gasteiger partial charge in [0.1, 0.15) is 11.6 Å². The SMILES string of the molecule is COC1=NN(c2ncccc2Cl)C(C(=O)Nc2c(C)cc3cn(Cc4ccccc4)nc3c2C(=O)NC(C)C)C1. The molecule has 0 radical (unpaired) electrons. The van der Waals surface area contributed by atoms with Crippen LogP contribution in [0, 0.1) is 6.92 Å². The third-order valence-electron chi connectivity index (χ3n) is 6.50. The Morgan fingerprint density at radius 2 is 1.95 bits per heavy atom. The van der Waals surface area contributed by atoms with E-state index in [2.05, 4.69) is 20.7 Å². The van der Waals surface area contributed by atoms with Crippen LogP contribution in [-0.4, -0.2) is 51.7 Å². The average molecular weight is 560 g/mol. The second kappa shape index (κ2) is 11.4. The summed E-state index contributed by atoms with van der Waals surface area (Å²) in [6, 6.07) is 14.3. The maximum atomic E-state index is 13.8. The van der Waals surface area contributed by atoms with Gasteiger partial charge in [-0.3, -0.25) is 14.3 Å². The zero-order valence-corrected chi connectivity index (χ0v) is 23.4. The number of hydrazone groups is 1. The standard InChI is InChI=1S/C29H30ClN7O3/c1-17(2)32-29(39)24-25(18(3)13-20-16-36(35-26(20)24)15-19-9-6-5-7-10-19)33-28(38)22-14-23(40-4)34-37(22)27-21(30)11-8-12-31-27/h5-13,16-17,22H,14-15H2,1-4H3,(H,32,39)(H,33,38). The Morgan fingerprint density at radius 3 is 2.65 bits per heavy atom. The first-order valence-corrected chi connectivity index (χ1v) is 13.3. The molecule has 5 rings (SSSR count). The van der Waals surface area contributed by atoms with Gasteiger partial charge in [-0.2, -0.15) is 5.10 Å². The number of carbonyl (C=O) groups excluding carboxylic acids is 2. The number of nitrogens with one attached hydrogen (secondary N) is 2. The van der Waals surface area contributed by atoms with Crippen molar-refractivity contribution >= 4 is 51.7 Å². The fourth-order valence-corrected chi connectivity index (χ4v) is 4.89. The van der Waals surface area contributed by atoms with Crippen LogP contribution < -0.4 is 15.6 Å². The van der Waals surface area contributed by atoms with E-state index in [1.165, 1.54) is 12.1 Å². The van der Waals surface area contributed by atoms with Crippen molar-refractivity contribution in [1.29, 1.82) is 0 Å². The van der Waals surface area contributed by atoms with Gasteiger partial charge in [-0.05, 0) is 50.1 Å². The largest absolute Gasteiger partial charge is 0.483 e. The summed E-state index contributed by atoms with van der Waals surface area (Å²) in [5.41, 5.74) is 3.00. The number of ether oxygens (including phenoxy) is 1. The highest BCUT2D eigenvalue weighted by Gasteiger charge is 2.37. The summed E-state index contributed by atoms with van der Waals surface area (Å²) in [6.07, 6.45) is 3.69. The number of carbonyl (C=O) groups is 2. The highest BCUT2D eigenvalue weighted by Crippen LogP contribution is 2.33. The average Bonchev–Trinajstić information content (AvgIpc) is 3.53. The molecule has 0 spiro atoms. The smallest absolute Gasteiger partial charge is 0.255 e. The second-order valence-electron chi connectivity index (χ2n) is 9.88. The number of hydrogen-bond donors (Lipinski definition) is 2. The molecule has 1 unspecified atom stereocenters. The number of halogens is 1. The van der Waals surface area contributed by atoms with E-state index in [0.29, 0.717) is 40.1 Å². The molecule has 0 saturated carbocycles. The van der Waals surface area contributed by atoms with Crippen molar-refractivity contribution in [3.05, 3.63) is 82.6 Å². The number of nitrogens with zero attached hydrogens (tertiary/aromatic N) is 5. The van der Waals surface area contributed by atoms with Gasteiger partial charge < -0.3 is 15.4 Å². The van der Waals surface area contributed by atoms with Gasteiger partial charge in [0.05, 0.1) is 36.3 Å². The molecule has 2 N–H and O–H groups in total. The Labute approximate surface area is 237 Å². The first kappa shape index (κ1) is 27.1. The van der Waals surface area contributed by atoms with Gasteiger partial charge in [0.25, 0.3) is 5.91 Å². The van der Waals surface area contributed by atoms with E-state index in [1.54, 1.807) is 23.0 Å². The van der Waals surface area contributed by atoms with Crippen LogP contribution in [0.15, 0.2) is 66.0 Å². The summed E-state index contributed by atoms with van der Waals surface area (Å²) in [7, 11) is 1.50. The van der Waals surface area contributed by atoms with Crippen molar-refractivity contribution < 1.29 is 14.3 Å². The van der Waals surface area contributed by atoms with E-state index < -0.39 is 6.04 Å². The quantitative estimate of drug-likeness (QED) is 0.337. The minimum atomic E-state index is -0.797. The molecule has 2 amide bonds. The molecule has 2 aromatic carbocycles. The lowest BCUT2D eigenvalue weighted by atomic mass is 10.0. The first-order valence-electron chi connectivity index (χ1n) is 12.9. The van der Waals surface area contributed by atoms with E-state index in [0.717, 1.165) is 16.5 Å². The van der Waals surface area contributed by atoms with E-state index in [4.69, 9.17) is 21.4 Å². The topological polar surface area (TPSA) is 114 Å². The van der Waals surface area contributed by atoms with E-state index in [9.17, 15) is 9.59 Å². The lowest BCUT2D eigenvalue weighted by Crippen LogP contribution is -2.40. The lowest BCUT2D eigenvalue weighted by molar-refractivity contribution is -0.117. The van der Waals surface area contributed by atoms with Crippen molar-refractivity contribution in [2.75, 3.05) is 17.4 Å². The summed E-state index contributed by atoms with van der Waals surface area (Å²) in [5.74, 6) is -0.0106. The number of anilines is 2. The maximum absolute atomic E-state index is 13.8. The van der Waals surface area contributed by atoms with Crippen molar-refractivity contribution in [3.8, 4) is 0 Å². The monoisotopic (exact) mass is 559 g/mol. The zero-order valence-electron chi connectivity index (χ0n) is 22.7. The minimum Gasteiger partial charge on any atom is -0.483 e. The molecule has 11 heteroatoms. The molecular formula is C29H30ClN7O3. The Morgan fingerprint density at radius 1 is 1.18 bits per heavy atom. The number of aromatic nitrogens is 3. The summed E-state index contributed by atoms with van der Waals surface area (Å²) in [6.45, 7) is 6.16. The zero-order chi connectivity index (χ0) is 28.4. The Kier molecular flexibility index (Phi) is 7.70. The molecule has 40 heavy (non-hydrogen) atoms. The molecule has 10 nitrogen and oxygen atoms in total. The summed E-state index contributed by atoms with van der Waals surface area (Å²) >= 11 is 6.38. The number of pyridine rings is 1. The first-order chi connectivity index (χ1) is 19.2. The molecule has 0 aliphatic carbocycles. The summed E-state index contributed by atoms with van der Waals surface area (Å²) in [4.78, 5) is 31.7. The number of rotatable bonds is 7. The van der Waals surface area contributed by atoms with Crippen molar-refractivity contribution in [2.45, 2.75) is 45.8 Å². The molecular weight excluding hydrogens is 530 g/mol. The Hall–Kier alpha value is -4.44. The van der Waals surface area contributed by atoms with Gasteiger partial charge in [-0.15, -0.1) is 5.10 Å². The summed E-state index contributed by atoms with van der Waals surface area (Å²) < 4.78 is 7.16. The van der Waals surface area contributed by atoms with Gasteiger partial charge in [0.15, 0.2) is 5.82 Å². The number of benzene rings is 2. The maximum Gasteiger partial charge on any atom is 0.255 e. The highest BCUT2D eigenvalue weighted by atomic mass is 35.5. The van der Waals surface area contributed by atoms with Gasteiger partial charge in [0, 0.05) is 23.8 Å². The van der Waals surface area contributed by atoms with Crippen LogP contribution in [-0.2, 0) is 16.1 Å². The highest BCUT2D eigenvalue weighted by molar-refractivity contribution is 6.33.